The van der Waals surface area contributed by atoms with Crippen LogP contribution in [0.2, 0.25) is 0 Å². The van der Waals surface area contributed by atoms with Gasteiger partial charge < -0.3 is 19.5 Å². The number of nitrogens with one attached hydrogen (secondary N) is 1. The van der Waals surface area contributed by atoms with Crippen LogP contribution in [0.25, 0.3) is 17.3 Å². The van der Waals surface area contributed by atoms with E-state index >= 15 is 0 Å². The van der Waals surface area contributed by atoms with Crippen LogP contribution in [-0.2, 0) is 6.54 Å². The molecule has 0 unspecified atom stereocenters. The fourth-order valence-corrected chi connectivity index (χ4v) is 4.63. The highest BCUT2D eigenvalue weighted by atomic mass is 16.5. The third-order valence-electron chi connectivity index (χ3n) is 6.55. The first-order valence-corrected chi connectivity index (χ1v) is 11.9. The normalized spacial score (nSPS) is 16.8. The Balaban J connectivity index is 1.24. The highest BCUT2D eigenvalue weighted by Gasteiger charge is 2.36. The number of amides is 1. The first-order chi connectivity index (χ1) is 16.5. The van der Waals surface area contributed by atoms with E-state index in [9.17, 15) is 4.79 Å². The number of carbonyl (C=O) groups is 1. The van der Waals surface area contributed by atoms with Crippen LogP contribution in [0, 0.1) is 6.92 Å². The molecule has 7 heteroatoms. The van der Waals surface area contributed by atoms with Crippen LogP contribution in [0.1, 0.15) is 53.6 Å². The van der Waals surface area contributed by atoms with Crippen molar-refractivity contribution in [2.24, 2.45) is 0 Å². The summed E-state index contributed by atoms with van der Waals surface area (Å²) in [7, 11) is 0. The van der Waals surface area contributed by atoms with Crippen LogP contribution in [0.15, 0.2) is 53.2 Å². The molecule has 0 aliphatic carbocycles. The molecule has 0 bridgehead atoms. The minimum atomic E-state index is -0.204. The summed E-state index contributed by atoms with van der Waals surface area (Å²) >= 11 is 0. The number of hydrogen-bond donors (Lipinski definition) is 1. The maximum atomic E-state index is 12.4. The Bertz CT molecular complexity index is 1190. The van der Waals surface area contributed by atoms with Crippen LogP contribution in [-0.4, -0.2) is 46.2 Å². The Morgan fingerprint density at radius 2 is 2.03 bits per heavy atom. The molecular formula is C27H30N4O3. The smallest absolute Gasteiger partial charge is 0.253 e. The van der Waals surface area contributed by atoms with E-state index in [1.165, 1.54) is 6.42 Å². The fourth-order valence-electron chi connectivity index (χ4n) is 4.63. The van der Waals surface area contributed by atoms with E-state index in [0.717, 1.165) is 60.7 Å². The molecule has 7 nitrogen and oxygen atoms in total. The molecule has 0 saturated carbocycles. The average molecular weight is 459 g/mol. The summed E-state index contributed by atoms with van der Waals surface area (Å²) in [5.74, 6) is 1.34. The number of nitrogens with zero attached hydrogens (tertiary/aromatic N) is 3. The molecule has 2 aliphatic heterocycles. The number of ether oxygens (including phenoxy) is 1. The van der Waals surface area contributed by atoms with Gasteiger partial charge in [-0.2, -0.15) is 0 Å². The molecule has 34 heavy (non-hydrogen) atoms. The van der Waals surface area contributed by atoms with Gasteiger partial charge in [0.25, 0.3) is 5.91 Å². The van der Waals surface area contributed by atoms with Crippen LogP contribution >= 0.6 is 0 Å². The monoisotopic (exact) mass is 458 g/mol. The third-order valence-corrected chi connectivity index (χ3v) is 6.55. The molecule has 0 radical (unpaired) electrons. The van der Waals surface area contributed by atoms with Gasteiger partial charge in [-0.3, -0.25) is 9.78 Å². The van der Waals surface area contributed by atoms with Gasteiger partial charge >= 0.3 is 0 Å². The molecule has 1 saturated heterocycles. The Kier molecular flexibility index (Phi) is 6.20. The van der Waals surface area contributed by atoms with Gasteiger partial charge in [0.15, 0.2) is 5.76 Å². The van der Waals surface area contributed by atoms with Crippen molar-refractivity contribution < 1.29 is 14.1 Å². The topological polar surface area (TPSA) is 80.5 Å². The highest BCUT2D eigenvalue weighted by Crippen LogP contribution is 2.38. The SMILES string of the molecule is CCCN1CCC2(C=Cc3cc(-c4ccc(C(=O)NCc5cc(C)no5)cn4)ccc3O2)CC1. The van der Waals surface area contributed by atoms with E-state index in [4.69, 9.17) is 9.26 Å². The minimum absolute atomic E-state index is 0.184. The maximum absolute atomic E-state index is 12.4. The molecule has 0 atom stereocenters. The molecule has 1 spiro atoms. The van der Waals surface area contributed by atoms with Crippen molar-refractivity contribution in [3.8, 4) is 17.0 Å². The second-order valence-corrected chi connectivity index (χ2v) is 9.14. The fraction of sp³-hybridized carbons (Fsp3) is 0.370. The van der Waals surface area contributed by atoms with E-state index in [0.29, 0.717) is 11.3 Å². The predicted molar refractivity (Wildman–Crippen MR) is 130 cm³/mol. The zero-order valence-corrected chi connectivity index (χ0v) is 19.7. The van der Waals surface area contributed by atoms with Crippen molar-refractivity contribution in [3.05, 3.63) is 71.3 Å². The van der Waals surface area contributed by atoms with Crippen molar-refractivity contribution in [1.29, 1.82) is 0 Å². The van der Waals surface area contributed by atoms with Crippen molar-refractivity contribution >= 4 is 12.0 Å². The Morgan fingerprint density at radius 3 is 2.74 bits per heavy atom. The number of aromatic nitrogens is 2. The molecule has 4 heterocycles. The number of likely N-dealkylation sites (tertiary alicyclic amines) is 1. The largest absolute Gasteiger partial charge is 0.482 e. The average Bonchev–Trinajstić information content (AvgIpc) is 3.29. The van der Waals surface area contributed by atoms with Gasteiger partial charge in [-0.25, -0.2) is 0 Å². The minimum Gasteiger partial charge on any atom is -0.482 e. The quantitative estimate of drug-likeness (QED) is 0.580. The molecule has 1 amide bonds. The highest BCUT2D eigenvalue weighted by molar-refractivity contribution is 5.94. The summed E-state index contributed by atoms with van der Waals surface area (Å²) in [6, 6.07) is 11.6. The van der Waals surface area contributed by atoms with Crippen LogP contribution in [0.3, 0.4) is 0 Å². The lowest BCUT2D eigenvalue weighted by Crippen LogP contribution is -2.47. The van der Waals surface area contributed by atoms with Gasteiger partial charge in [0.05, 0.1) is 23.5 Å². The molecule has 1 N–H and O–H groups in total. The number of hydrogen-bond acceptors (Lipinski definition) is 6. The predicted octanol–water partition coefficient (Wildman–Crippen LogP) is 4.63. The second-order valence-electron chi connectivity index (χ2n) is 9.14. The van der Waals surface area contributed by atoms with Gasteiger partial charge in [0, 0.05) is 49.3 Å². The van der Waals surface area contributed by atoms with Gasteiger partial charge in [-0.1, -0.05) is 18.2 Å². The van der Waals surface area contributed by atoms with Gasteiger partial charge in [0.2, 0.25) is 0 Å². The van der Waals surface area contributed by atoms with Crippen molar-refractivity contribution in [2.45, 2.75) is 45.3 Å². The molecule has 3 aromatic rings. The standard InChI is InChI=1S/C27H30N4O3/c1-3-12-31-13-10-27(11-14-31)9-8-21-16-20(5-7-25(21)33-27)24-6-4-22(17-28-24)26(32)29-18-23-15-19(2)30-34-23/h4-9,15-17H,3,10-14,18H2,1-2H3,(H,29,32). The van der Waals surface area contributed by atoms with Crippen molar-refractivity contribution in [2.75, 3.05) is 19.6 Å². The summed E-state index contributed by atoms with van der Waals surface area (Å²) in [5, 5.41) is 6.65. The summed E-state index contributed by atoms with van der Waals surface area (Å²) < 4.78 is 11.6. The lowest BCUT2D eigenvalue weighted by molar-refractivity contribution is 0.0388. The summed E-state index contributed by atoms with van der Waals surface area (Å²) in [6.45, 7) is 7.68. The van der Waals surface area contributed by atoms with Gasteiger partial charge in [-0.05, 0) is 56.3 Å². The zero-order chi connectivity index (χ0) is 23.5. The molecule has 5 rings (SSSR count). The number of carbonyl (C=O) groups excluding carboxylic acids is 1. The summed E-state index contributed by atoms with van der Waals surface area (Å²) in [5.41, 5.74) is 3.96. The van der Waals surface area contributed by atoms with Crippen LogP contribution < -0.4 is 10.1 Å². The summed E-state index contributed by atoms with van der Waals surface area (Å²) in [6.07, 6.45) is 9.25. The Hall–Kier alpha value is -3.45. The van der Waals surface area contributed by atoms with Gasteiger partial charge in [0.1, 0.15) is 11.4 Å². The lowest BCUT2D eigenvalue weighted by atomic mass is 9.87. The molecule has 1 aromatic carbocycles. The van der Waals surface area contributed by atoms with Crippen LogP contribution in [0.5, 0.6) is 5.75 Å². The van der Waals surface area contributed by atoms with E-state index < -0.39 is 0 Å². The van der Waals surface area contributed by atoms with Crippen molar-refractivity contribution in [1.82, 2.24) is 20.4 Å². The third kappa shape index (κ3) is 4.75. The Morgan fingerprint density at radius 1 is 1.18 bits per heavy atom. The second kappa shape index (κ2) is 9.43. The number of aryl methyl sites for hydroxylation is 1. The van der Waals surface area contributed by atoms with E-state index in [2.05, 4.69) is 45.5 Å². The maximum Gasteiger partial charge on any atom is 0.253 e. The molecule has 2 aliphatic rings. The first-order valence-electron chi connectivity index (χ1n) is 11.9. The Labute approximate surface area is 199 Å². The number of benzene rings is 1. The molecule has 2 aromatic heterocycles. The van der Waals surface area contributed by atoms with Gasteiger partial charge in [-0.15, -0.1) is 0 Å². The van der Waals surface area contributed by atoms with E-state index in [1.54, 1.807) is 18.3 Å². The van der Waals surface area contributed by atoms with Crippen LogP contribution in [0.4, 0.5) is 0 Å². The number of fused-ring (bicyclic) bond motifs is 1. The lowest BCUT2D eigenvalue weighted by Gasteiger charge is -2.42. The number of piperidine rings is 1. The number of pyridine rings is 1. The van der Waals surface area contributed by atoms with Crippen molar-refractivity contribution in [3.63, 3.8) is 0 Å². The molecule has 1 fully saturated rings. The summed E-state index contributed by atoms with van der Waals surface area (Å²) in [4.78, 5) is 19.5. The molecule has 176 valence electrons. The van der Waals surface area contributed by atoms with E-state index in [-0.39, 0.29) is 18.1 Å². The molecular weight excluding hydrogens is 428 g/mol. The first kappa shape index (κ1) is 22.3. The zero-order valence-electron chi connectivity index (χ0n) is 19.7. The number of rotatable bonds is 6. The van der Waals surface area contributed by atoms with E-state index in [1.807, 2.05) is 25.1 Å².